The van der Waals surface area contributed by atoms with E-state index in [2.05, 4.69) is 6.07 Å². The Morgan fingerprint density at radius 2 is 1.95 bits per heavy atom. The molecule has 0 N–H and O–H groups in total. The molecule has 6 heteroatoms. The van der Waals surface area contributed by atoms with Crippen molar-refractivity contribution in [3.63, 3.8) is 0 Å². The maximum atomic E-state index is 11.3. The van der Waals surface area contributed by atoms with Gasteiger partial charge in [-0.25, -0.2) is 0 Å². The molecule has 0 atom stereocenters. The molecule has 0 amide bonds. The van der Waals surface area contributed by atoms with Crippen molar-refractivity contribution in [1.29, 1.82) is 5.26 Å². The van der Waals surface area contributed by atoms with E-state index in [0.29, 0.717) is 12.2 Å². The molecule has 0 unspecified atom stereocenters. The van der Waals surface area contributed by atoms with Gasteiger partial charge in [-0.05, 0) is 46.9 Å². The lowest BCUT2D eigenvalue weighted by molar-refractivity contribution is -0.384. The largest absolute Gasteiger partial charge is 0.335 e. The van der Waals surface area contributed by atoms with Crippen LogP contribution in [0.25, 0.3) is 0 Å². The van der Waals surface area contributed by atoms with E-state index in [1.807, 2.05) is 59.0 Å². The molecule has 0 spiro atoms. The highest BCUT2D eigenvalue weighted by Gasteiger charge is 2.20. The summed E-state index contributed by atoms with van der Waals surface area (Å²) in [5.74, 6) is 0. The number of hydrogen-bond donors (Lipinski definition) is 0. The van der Waals surface area contributed by atoms with E-state index >= 15 is 0 Å². The van der Waals surface area contributed by atoms with Crippen LogP contribution >= 0.6 is 22.6 Å². The third-order valence-corrected chi connectivity index (χ3v) is 3.61. The molecule has 0 aliphatic heterocycles. The van der Waals surface area contributed by atoms with Gasteiger partial charge in [0, 0.05) is 21.9 Å². The molecular formula is C15H12IN3O2. The normalized spacial score (nSPS) is 9.90. The van der Waals surface area contributed by atoms with Crippen LogP contribution in [-0.2, 0) is 0 Å². The highest BCUT2D eigenvalue weighted by molar-refractivity contribution is 14.1. The maximum Gasteiger partial charge on any atom is 0.293 e. The lowest BCUT2D eigenvalue weighted by Crippen LogP contribution is -2.19. The number of para-hydroxylation sites is 1. The van der Waals surface area contributed by atoms with Crippen molar-refractivity contribution < 1.29 is 4.92 Å². The number of anilines is 2. The Morgan fingerprint density at radius 1 is 1.24 bits per heavy atom. The van der Waals surface area contributed by atoms with Gasteiger partial charge in [0.25, 0.3) is 5.69 Å². The molecule has 0 saturated heterocycles. The van der Waals surface area contributed by atoms with Gasteiger partial charge in [-0.15, -0.1) is 0 Å². The van der Waals surface area contributed by atoms with E-state index in [-0.39, 0.29) is 17.0 Å². The summed E-state index contributed by atoms with van der Waals surface area (Å²) in [6.45, 7) is 0.405. The van der Waals surface area contributed by atoms with Gasteiger partial charge in [0.1, 0.15) is 5.69 Å². The third kappa shape index (κ3) is 3.70. The molecule has 0 fully saturated rings. The van der Waals surface area contributed by atoms with Crippen molar-refractivity contribution in [2.24, 2.45) is 0 Å². The summed E-state index contributed by atoms with van der Waals surface area (Å²) in [4.78, 5) is 12.7. The molecule has 0 heterocycles. The second-order valence-electron chi connectivity index (χ2n) is 4.29. The van der Waals surface area contributed by atoms with Crippen LogP contribution in [-0.4, -0.2) is 11.5 Å². The number of halogens is 1. The number of nitro benzene ring substituents is 1. The van der Waals surface area contributed by atoms with Crippen molar-refractivity contribution in [2.45, 2.75) is 6.42 Å². The standard InChI is InChI=1S/C15H12IN3O2/c16-12-7-8-14(15(11-12)19(20)21)18(10-4-9-17)13-5-2-1-3-6-13/h1-3,5-8,11H,4,10H2. The van der Waals surface area contributed by atoms with Gasteiger partial charge < -0.3 is 4.90 Å². The van der Waals surface area contributed by atoms with Gasteiger partial charge in [-0.1, -0.05) is 18.2 Å². The molecule has 0 bridgehead atoms. The summed E-state index contributed by atoms with van der Waals surface area (Å²) in [6.07, 6.45) is 0.290. The fourth-order valence-corrected chi connectivity index (χ4v) is 2.50. The quantitative estimate of drug-likeness (QED) is 0.433. The second-order valence-corrected chi connectivity index (χ2v) is 5.53. The number of nitro groups is 1. The molecule has 2 aromatic carbocycles. The Labute approximate surface area is 136 Å². The lowest BCUT2D eigenvalue weighted by atomic mass is 10.2. The predicted octanol–water partition coefficient (Wildman–Crippen LogP) is 4.25. The van der Waals surface area contributed by atoms with E-state index in [1.165, 1.54) is 6.07 Å². The average Bonchev–Trinajstić information content (AvgIpc) is 2.49. The summed E-state index contributed by atoms with van der Waals surface area (Å²) in [7, 11) is 0. The molecule has 5 nitrogen and oxygen atoms in total. The van der Waals surface area contributed by atoms with Crippen LogP contribution in [0.2, 0.25) is 0 Å². The van der Waals surface area contributed by atoms with Gasteiger partial charge in [0.05, 0.1) is 17.4 Å². The highest BCUT2D eigenvalue weighted by atomic mass is 127. The van der Waals surface area contributed by atoms with Crippen LogP contribution in [0.5, 0.6) is 0 Å². The van der Waals surface area contributed by atoms with Gasteiger partial charge in [0.2, 0.25) is 0 Å². The average molecular weight is 393 g/mol. The smallest absolute Gasteiger partial charge is 0.293 e. The fraction of sp³-hybridized carbons (Fsp3) is 0.133. The van der Waals surface area contributed by atoms with Crippen LogP contribution in [0.15, 0.2) is 48.5 Å². The minimum atomic E-state index is -0.389. The summed E-state index contributed by atoms with van der Waals surface area (Å²) in [5.41, 5.74) is 1.38. The minimum absolute atomic E-state index is 0.0451. The van der Waals surface area contributed by atoms with E-state index in [1.54, 1.807) is 11.0 Å². The number of rotatable bonds is 5. The SMILES string of the molecule is N#CCCN(c1ccccc1)c1ccc(I)cc1[N+](=O)[O-]. The molecule has 2 aromatic rings. The molecule has 0 aliphatic carbocycles. The Hall–Kier alpha value is -2.14. The van der Waals surface area contributed by atoms with Crippen LogP contribution in [0.3, 0.4) is 0 Å². The molecule has 21 heavy (non-hydrogen) atoms. The fourth-order valence-electron chi connectivity index (χ4n) is 2.03. The van der Waals surface area contributed by atoms with Crippen molar-refractivity contribution in [1.82, 2.24) is 0 Å². The monoisotopic (exact) mass is 393 g/mol. The van der Waals surface area contributed by atoms with Gasteiger partial charge in [-0.2, -0.15) is 5.26 Å². The Morgan fingerprint density at radius 3 is 2.57 bits per heavy atom. The Kier molecular flexibility index (Phi) is 5.11. The second kappa shape index (κ2) is 7.04. The molecular weight excluding hydrogens is 381 g/mol. The minimum Gasteiger partial charge on any atom is -0.335 e. The first kappa shape index (κ1) is 15.3. The molecule has 2 rings (SSSR count). The zero-order valence-electron chi connectivity index (χ0n) is 11.1. The number of hydrogen-bond acceptors (Lipinski definition) is 4. The first-order valence-corrected chi connectivity index (χ1v) is 7.35. The van der Waals surface area contributed by atoms with E-state index in [4.69, 9.17) is 5.26 Å². The van der Waals surface area contributed by atoms with Crippen molar-refractivity contribution >= 4 is 39.7 Å². The summed E-state index contributed by atoms with van der Waals surface area (Å²) in [6, 6.07) is 16.5. The Bertz CT molecular complexity index is 683. The lowest BCUT2D eigenvalue weighted by Gasteiger charge is -2.23. The van der Waals surface area contributed by atoms with Crippen molar-refractivity contribution in [3.8, 4) is 6.07 Å². The van der Waals surface area contributed by atoms with E-state index in [0.717, 1.165) is 9.26 Å². The first-order valence-electron chi connectivity index (χ1n) is 6.27. The summed E-state index contributed by atoms with van der Waals surface area (Å²) >= 11 is 2.05. The molecule has 106 valence electrons. The van der Waals surface area contributed by atoms with Gasteiger partial charge >= 0.3 is 0 Å². The first-order chi connectivity index (χ1) is 10.1. The Balaban J connectivity index is 2.52. The van der Waals surface area contributed by atoms with Crippen LogP contribution in [0, 0.1) is 25.0 Å². The van der Waals surface area contributed by atoms with Crippen molar-refractivity contribution in [3.05, 3.63) is 62.2 Å². The number of nitrogens with zero attached hydrogens (tertiary/aromatic N) is 3. The topological polar surface area (TPSA) is 70.2 Å². The van der Waals surface area contributed by atoms with Crippen molar-refractivity contribution in [2.75, 3.05) is 11.4 Å². The zero-order chi connectivity index (χ0) is 15.2. The van der Waals surface area contributed by atoms with Crippen LogP contribution < -0.4 is 4.90 Å². The third-order valence-electron chi connectivity index (χ3n) is 2.94. The molecule has 0 radical (unpaired) electrons. The zero-order valence-corrected chi connectivity index (χ0v) is 13.2. The van der Waals surface area contributed by atoms with Gasteiger partial charge in [-0.3, -0.25) is 10.1 Å². The summed E-state index contributed by atoms with van der Waals surface area (Å²) in [5, 5.41) is 20.1. The molecule has 0 saturated carbocycles. The highest BCUT2D eigenvalue weighted by Crippen LogP contribution is 2.34. The van der Waals surface area contributed by atoms with E-state index < -0.39 is 0 Å². The maximum absolute atomic E-state index is 11.3. The number of benzene rings is 2. The van der Waals surface area contributed by atoms with E-state index in [9.17, 15) is 10.1 Å². The van der Waals surface area contributed by atoms with Crippen LogP contribution in [0.1, 0.15) is 6.42 Å². The van der Waals surface area contributed by atoms with Gasteiger partial charge in [0.15, 0.2) is 0 Å². The molecule has 0 aliphatic rings. The van der Waals surface area contributed by atoms with Crippen LogP contribution in [0.4, 0.5) is 17.1 Å². The molecule has 0 aromatic heterocycles. The number of nitriles is 1. The summed E-state index contributed by atoms with van der Waals surface area (Å²) < 4.78 is 0.802. The predicted molar refractivity (Wildman–Crippen MR) is 89.5 cm³/mol.